The fraction of sp³-hybridized carbons (Fsp3) is 0.176. The highest BCUT2D eigenvalue weighted by Gasteiger charge is 2.19. The van der Waals surface area contributed by atoms with Crippen LogP contribution in [0.15, 0.2) is 42.5 Å². The van der Waals surface area contributed by atoms with Crippen LogP contribution < -0.4 is 0 Å². The summed E-state index contributed by atoms with van der Waals surface area (Å²) in [5, 5.41) is 18.8. The number of esters is 1. The van der Waals surface area contributed by atoms with Gasteiger partial charge in [0.05, 0.1) is 13.2 Å². The SMILES string of the molecule is COC(=O)c1c(O)cc(CCC#N)cc1-c1ccccc1. The Bertz CT molecular complexity index is 687. The molecule has 0 amide bonds. The topological polar surface area (TPSA) is 70.3 Å². The number of benzene rings is 2. The zero-order valence-electron chi connectivity index (χ0n) is 11.7. The molecule has 2 aromatic rings. The minimum Gasteiger partial charge on any atom is -0.507 e. The van der Waals surface area contributed by atoms with Crippen molar-refractivity contribution in [2.75, 3.05) is 7.11 Å². The first-order chi connectivity index (χ1) is 10.2. The Morgan fingerprint density at radius 3 is 2.62 bits per heavy atom. The maximum atomic E-state index is 11.9. The van der Waals surface area contributed by atoms with Crippen LogP contribution in [-0.2, 0) is 11.2 Å². The molecule has 0 unspecified atom stereocenters. The number of ether oxygens (including phenoxy) is 1. The number of aromatic hydroxyl groups is 1. The summed E-state index contributed by atoms with van der Waals surface area (Å²) in [7, 11) is 1.28. The fourth-order valence-electron chi connectivity index (χ4n) is 2.19. The Kier molecular flexibility index (Phi) is 4.57. The standard InChI is InChI=1S/C17H15NO3/c1-21-17(20)16-14(13-7-3-2-4-8-13)10-12(6-5-9-18)11-15(16)19/h2-4,7-8,10-11,19H,5-6H2,1H3. The first kappa shape index (κ1) is 14.6. The van der Waals surface area contributed by atoms with E-state index in [1.54, 1.807) is 0 Å². The molecule has 0 saturated carbocycles. The van der Waals surface area contributed by atoms with Crippen molar-refractivity contribution in [2.45, 2.75) is 12.8 Å². The van der Waals surface area contributed by atoms with Crippen LogP contribution in [0.1, 0.15) is 22.3 Å². The second kappa shape index (κ2) is 6.58. The highest BCUT2D eigenvalue weighted by atomic mass is 16.5. The Balaban J connectivity index is 2.60. The van der Waals surface area contributed by atoms with Gasteiger partial charge in [-0.25, -0.2) is 4.79 Å². The average molecular weight is 281 g/mol. The molecule has 2 aromatic carbocycles. The second-order valence-corrected chi connectivity index (χ2v) is 4.55. The van der Waals surface area contributed by atoms with Gasteiger partial charge in [0.1, 0.15) is 11.3 Å². The molecule has 0 aliphatic carbocycles. The molecule has 106 valence electrons. The van der Waals surface area contributed by atoms with Crippen LogP contribution in [0, 0.1) is 11.3 Å². The van der Waals surface area contributed by atoms with Gasteiger partial charge < -0.3 is 9.84 Å². The lowest BCUT2D eigenvalue weighted by Crippen LogP contribution is -2.05. The summed E-state index contributed by atoms with van der Waals surface area (Å²) in [6.45, 7) is 0. The Hall–Kier alpha value is -2.80. The van der Waals surface area contributed by atoms with Gasteiger partial charge >= 0.3 is 5.97 Å². The number of hydrogen-bond donors (Lipinski definition) is 1. The zero-order chi connectivity index (χ0) is 15.2. The van der Waals surface area contributed by atoms with E-state index in [1.807, 2.05) is 36.4 Å². The average Bonchev–Trinajstić information content (AvgIpc) is 2.52. The zero-order valence-corrected chi connectivity index (χ0v) is 11.7. The van der Waals surface area contributed by atoms with Crippen molar-refractivity contribution in [3.8, 4) is 22.9 Å². The quantitative estimate of drug-likeness (QED) is 0.873. The number of phenolic OH excluding ortho intramolecular Hbond substituents is 1. The van der Waals surface area contributed by atoms with E-state index >= 15 is 0 Å². The van der Waals surface area contributed by atoms with Crippen molar-refractivity contribution in [1.29, 1.82) is 5.26 Å². The van der Waals surface area contributed by atoms with Gasteiger partial charge in [-0.05, 0) is 29.7 Å². The third-order valence-electron chi connectivity index (χ3n) is 3.18. The lowest BCUT2D eigenvalue weighted by atomic mass is 9.95. The number of nitrogens with zero attached hydrogens (tertiary/aromatic N) is 1. The van der Waals surface area contributed by atoms with Crippen molar-refractivity contribution in [1.82, 2.24) is 0 Å². The molecular formula is C17H15NO3. The smallest absolute Gasteiger partial charge is 0.342 e. The summed E-state index contributed by atoms with van der Waals surface area (Å²) < 4.78 is 4.75. The van der Waals surface area contributed by atoms with E-state index in [0.717, 1.165) is 11.1 Å². The lowest BCUT2D eigenvalue weighted by Gasteiger charge is -2.12. The number of aryl methyl sites for hydroxylation is 1. The van der Waals surface area contributed by atoms with Gasteiger partial charge in [0, 0.05) is 12.0 Å². The van der Waals surface area contributed by atoms with Crippen LogP contribution in [0.5, 0.6) is 5.75 Å². The van der Waals surface area contributed by atoms with Crippen LogP contribution in [0.3, 0.4) is 0 Å². The molecule has 0 atom stereocenters. The van der Waals surface area contributed by atoms with Crippen LogP contribution in [-0.4, -0.2) is 18.2 Å². The van der Waals surface area contributed by atoms with Gasteiger partial charge in [-0.3, -0.25) is 0 Å². The monoisotopic (exact) mass is 281 g/mol. The normalized spacial score (nSPS) is 9.90. The number of hydrogen-bond acceptors (Lipinski definition) is 4. The third-order valence-corrected chi connectivity index (χ3v) is 3.18. The van der Waals surface area contributed by atoms with E-state index < -0.39 is 5.97 Å². The lowest BCUT2D eigenvalue weighted by molar-refractivity contribution is 0.0598. The largest absolute Gasteiger partial charge is 0.507 e. The first-order valence-corrected chi connectivity index (χ1v) is 6.54. The second-order valence-electron chi connectivity index (χ2n) is 4.55. The number of methoxy groups -OCH3 is 1. The molecule has 0 spiro atoms. The van der Waals surface area contributed by atoms with Crippen LogP contribution in [0.4, 0.5) is 0 Å². The Labute approximate surface area is 123 Å². The highest BCUT2D eigenvalue weighted by Crippen LogP contribution is 2.32. The number of rotatable bonds is 4. The van der Waals surface area contributed by atoms with Gasteiger partial charge in [-0.1, -0.05) is 30.3 Å². The number of nitriles is 1. The minimum absolute atomic E-state index is 0.129. The van der Waals surface area contributed by atoms with Crippen molar-refractivity contribution in [3.63, 3.8) is 0 Å². The predicted molar refractivity (Wildman–Crippen MR) is 78.8 cm³/mol. The summed E-state index contributed by atoms with van der Waals surface area (Å²) in [6.07, 6.45) is 0.872. The van der Waals surface area contributed by atoms with Gasteiger partial charge in [0.25, 0.3) is 0 Å². The number of carbonyl (C=O) groups excluding carboxylic acids is 1. The van der Waals surface area contributed by atoms with Crippen molar-refractivity contribution < 1.29 is 14.6 Å². The van der Waals surface area contributed by atoms with Crippen molar-refractivity contribution in [3.05, 3.63) is 53.6 Å². The van der Waals surface area contributed by atoms with E-state index in [1.165, 1.54) is 13.2 Å². The molecule has 4 nitrogen and oxygen atoms in total. The van der Waals surface area contributed by atoms with Gasteiger partial charge in [0.2, 0.25) is 0 Å². The van der Waals surface area contributed by atoms with E-state index in [-0.39, 0.29) is 11.3 Å². The summed E-state index contributed by atoms with van der Waals surface area (Å²) >= 11 is 0. The first-order valence-electron chi connectivity index (χ1n) is 6.54. The van der Waals surface area contributed by atoms with Crippen LogP contribution >= 0.6 is 0 Å². The molecule has 0 bridgehead atoms. The molecule has 0 fully saturated rings. The van der Waals surface area contributed by atoms with E-state index in [4.69, 9.17) is 10.00 Å². The van der Waals surface area contributed by atoms with Crippen LogP contribution in [0.25, 0.3) is 11.1 Å². The molecule has 4 heteroatoms. The minimum atomic E-state index is -0.585. The summed E-state index contributed by atoms with van der Waals surface area (Å²) in [4.78, 5) is 11.9. The molecular weight excluding hydrogens is 266 g/mol. The molecule has 0 aromatic heterocycles. The molecule has 0 heterocycles. The van der Waals surface area contributed by atoms with Crippen molar-refractivity contribution >= 4 is 5.97 Å². The van der Waals surface area contributed by atoms with Gasteiger partial charge in [-0.15, -0.1) is 0 Å². The molecule has 0 aliphatic rings. The van der Waals surface area contributed by atoms with Gasteiger partial charge in [-0.2, -0.15) is 5.26 Å². The van der Waals surface area contributed by atoms with Gasteiger partial charge in [0.15, 0.2) is 0 Å². The molecule has 21 heavy (non-hydrogen) atoms. The van der Waals surface area contributed by atoms with E-state index in [9.17, 15) is 9.90 Å². The summed E-state index contributed by atoms with van der Waals surface area (Å²) in [5.74, 6) is -0.714. The highest BCUT2D eigenvalue weighted by molar-refractivity contribution is 6.00. The Morgan fingerprint density at radius 1 is 1.29 bits per heavy atom. The third kappa shape index (κ3) is 3.21. The Morgan fingerprint density at radius 2 is 2.00 bits per heavy atom. The van der Waals surface area contributed by atoms with E-state index in [2.05, 4.69) is 6.07 Å². The van der Waals surface area contributed by atoms with E-state index in [0.29, 0.717) is 18.4 Å². The summed E-state index contributed by atoms with van der Waals surface area (Å²) in [6, 6.07) is 14.7. The maximum Gasteiger partial charge on any atom is 0.342 e. The number of carbonyl (C=O) groups is 1. The molecule has 2 rings (SSSR count). The molecule has 0 saturated heterocycles. The number of phenols is 1. The molecule has 0 radical (unpaired) electrons. The van der Waals surface area contributed by atoms with Crippen molar-refractivity contribution in [2.24, 2.45) is 0 Å². The maximum absolute atomic E-state index is 11.9. The summed E-state index contributed by atoms with van der Waals surface area (Å²) in [5.41, 5.74) is 2.37. The fourth-order valence-corrected chi connectivity index (χ4v) is 2.19. The van der Waals surface area contributed by atoms with Crippen LogP contribution in [0.2, 0.25) is 0 Å². The predicted octanol–water partition coefficient (Wildman–Crippen LogP) is 3.30. The molecule has 0 aliphatic heterocycles. The molecule has 1 N–H and O–H groups in total.